The van der Waals surface area contributed by atoms with Gasteiger partial charge in [0.25, 0.3) is 5.91 Å². The van der Waals surface area contributed by atoms with Crippen molar-refractivity contribution in [1.29, 1.82) is 5.26 Å². The first kappa shape index (κ1) is 22.4. The number of hydrogen-bond donors (Lipinski definition) is 1. The van der Waals surface area contributed by atoms with Gasteiger partial charge in [-0.15, -0.1) is 0 Å². The number of benzene rings is 1. The Hall–Kier alpha value is -2.26. The second kappa shape index (κ2) is 11.8. The van der Waals surface area contributed by atoms with E-state index in [1.807, 2.05) is 12.1 Å². The Balaban J connectivity index is 1.56. The molecule has 0 aliphatic carbocycles. The van der Waals surface area contributed by atoms with E-state index in [2.05, 4.69) is 40.3 Å². The maximum Gasteiger partial charge on any atom is 0.264 e. The molecule has 3 rings (SSSR count). The first-order chi connectivity index (χ1) is 14.7. The van der Waals surface area contributed by atoms with E-state index in [1.165, 1.54) is 55.9 Å². The van der Waals surface area contributed by atoms with Gasteiger partial charge in [-0.3, -0.25) is 9.79 Å². The van der Waals surface area contributed by atoms with Crippen molar-refractivity contribution in [3.05, 3.63) is 40.4 Å². The number of aliphatic imine (C=N–C) groups is 1. The van der Waals surface area contributed by atoms with Crippen LogP contribution in [-0.2, 0) is 11.2 Å². The van der Waals surface area contributed by atoms with Gasteiger partial charge in [0.1, 0.15) is 0 Å². The Morgan fingerprint density at radius 2 is 1.93 bits per heavy atom. The fourth-order valence-corrected chi connectivity index (χ4v) is 4.97. The first-order valence-corrected chi connectivity index (χ1v) is 12.0. The summed E-state index contributed by atoms with van der Waals surface area (Å²) in [4.78, 5) is 20.3. The quantitative estimate of drug-likeness (QED) is 0.452. The van der Waals surface area contributed by atoms with Crippen LogP contribution in [0, 0.1) is 11.3 Å². The summed E-state index contributed by atoms with van der Waals surface area (Å²) < 4.78 is 0. The molecule has 5 nitrogen and oxygen atoms in total. The lowest BCUT2D eigenvalue weighted by Crippen LogP contribution is -2.29. The van der Waals surface area contributed by atoms with Crippen molar-refractivity contribution in [3.8, 4) is 6.07 Å². The van der Waals surface area contributed by atoms with Crippen LogP contribution in [0.1, 0.15) is 70.3 Å². The van der Waals surface area contributed by atoms with E-state index in [0.29, 0.717) is 17.7 Å². The Labute approximate surface area is 184 Å². The minimum absolute atomic E-state index is 0.103. The number of allylic oxidation sites excluding steroid dienone is 1. The highest BCUT2D eigenvalue weighted by Crippen LogP contribution is 2.38. The molecule has 0 radical (unpaired) electrons. The minimum atomic E-state index is -0.103. The molecule has 2 aliphatic rings. The number of amidine groups is 1. The third-order valence-electron chi connectivity index (χ3n) is 5.51. The number of anilines is 1. The number of nitrogens with one attached hydrogen (secondary N) is 1. The zero-order chi connectivity index (χ0) is 21.2. The molecular weight excluding hydrogens is 392 g/mol. The number of unbranched alkanes of at least 4 members (excludes halogenated alkanes) is 5. The van der Waals surface area contributed by atoms with E-state index >= 15 is 0 Å². The molecule has 1 N–H and O–H groups in total. The number of rotatable bonds is 11. The fraction of sp³-hybridized carbons (Fsp3) is 0.542. The zero-order valence-corrected chi connectivity index (χ0v) is 18.8. The third-order valence-corrected chi connectivity index (χ3v) is 6.67. The Morgan fingerprint density at radius 3 is 2.70 bits per heavy atom. The standard InChI is InChI=1S/C24H32N4OS/c1-2-3-4-5-6-7-10-19-12-14-20(15-13-19)27-23(29)22-21(11-8-16-25)28-18-9-17-26-24(28)30-22/h12-15H,2-11,17-18H2,1H3,(H,27,29). The molecule has 0 spiro atoms. The van der Waals surface area contributed by atoms with E-state index in [1.54, 1.807) is 0 Å². The maximum absolute atomic E-state index is 13.0. The summed E-state index contributed by atoms with van der Waals surface area (Å²) in [6.07, 6.45) is 10.9. The predicted molar refractivity (Wildman–Crippen MR) is 125 cm³/mol. The second-order valence-electron chi connectivity index (χ2n) is 7.87. The van der Waals surface area contributed by atoms with Gasteiger partial charge in [-0.2, -0.15) is 5.26 Å². The topological polar surface area (TPSA) is 68.5 Å². The average molecular weight is 425 g/mol. The first-order valence-electron chi connectivity index (χ1n) is 11.2. The number of carbonyl (C=O) groups is 1. The second-order valence-corrected chi connectivity index (χ2v) is 8.85. The molecule has 1 aromatic carbocycles. The monoisotopic (exact) mass is 424 g/mol. The van der Waals surface area contributed by atoms with Gasteiger partial charge in [0.15, 0.2) is 5.17 Å². The predicted octanol–water partition coefficient (Wildman–Crippen LogP) is 5.85. The van der Waals surface area contributed by atoms with E-state index in [4.69, 9.17) is 5.26 Å². The fourth-order valence-electron chi connectivity index (χ4n) is 3.85. The van der Waals surface area contributed by atoms with E-state index in [9.17, 15) is 4.79 Å². The SMILES string of the molecule is CCCCCCCCc1ccc(NC(=O)C2=C(CCC#N)N3CCCN=C3S2)cc1. The molecule has 2 aliphatic heterocycles. The van der Waals surface area contributed by atoms with Gasteiger partial charge < -0.3 is 10.2 Å². The summed E-state index contributed by atoms with van der Waals surface area (Å²) in [6.45, 7) is 3.92. The number of aryl methyl sites for hydroxylation is 1. The molecule has 1 aromatic rings. The van der Waals surface area contributed by atoms with Crippen molar-refractivity contribution in [2.24, 2.45) is 4.99 Å². The molecule has 1 amide bonds. The summed E-state index contributed by atoms with van der Waals surface area (Å²) in [5, 5.41) is 12.9. The van der Waals surface area contributed by atoms with Crippen LogP contribution in [0.25, 0.3) is 0 Å². The van der Waals surface area contributed by atoms with Gasteiger partial charge in [0.05, 0.1) is 11.0 Å². The van der Waals surface area contributed by atoms with Gasteiger partial charge in [-0.25, -0.2) is 0 Å². The largest absolute Gasteiger partial charge is 0.323 e. The number of nitriles is 1. The van der Waals surface area contributed by atoms with Crippen molar-refractivity contribution in [2.75, 3.05) is 18.4 Å². The number of amides is 1. The molecule has 6 heteroatoms. The molecule has 30 heavy (non-hydrogen) atoms. The molecule has 0 bridgehead atoms. The number of nitrogens with zero attached hydrogens (tertiary/aromatic N) is 3. The van der Waals surface area contributed by atoms with Crippen molar-refractivity contribution in [1.82, 2.24) is 4.90 Å². The van der Waals surface area contributed by atoms with Gasteiger partial charge in [-0.1, -0.05) is 51.2 Å². The highest BCUT2D eigenvalue weighted by molar-refractivity contribution is 8.18. The molecule has 0 aromatic heterocycles. The molecule has 0 unspecified atom stereocenters. The van der Waals surface area contributed by atoms with Crippen LogP contribution in [0.3, 0.4) is 0 Å². The summed E-state index contributed by atoms with van der Waals surface area (Å²) >= 11 is 1.44. The van der Waals surface area contributed by atoms with Crippen molar-refractivity contribution < 1.29 is 4.79 Å². The summed E-state index contributed by atoms with van der Waals surface area (Å²) in [5.41, 5.74) is 3.07. The van der Waals surface area contributed by atoms with Crippen molar-refractivity contribution in [3.63, 3.8) is 0 Å². The van der Waals surface area contributed by atoms with Gasteiger partial charge in [0, 0.05) is 37.3 Å². The lowest BCUT2D eigenvalue weighted by Gasteiger charge is -2.24. The molecule has 0 saturated heterocycles. The van der Waals surface area contributed by atoms with E-state index in [-0.39, 0.29) is 5.91 Å². The van der Waals surface area contributed by atoms with Gasteiger partial charge in [-0.05, 0) is 48.7 Å². The van der Waals surface area contributed by atoms with Crippen molar-refractivity contribution in [2.45, 2.75) is 71.1 Å². The Kier molecular flexibility index (Phi) is 8.82. The number of fused-ring (bicyclic) bond motifs is 1. The molecular formula is C24H32N4OS. The van der Waals surface area contributed by atoms with Gasteiger partial charge in [0.2, 0.25) is 0 Å². The highest BCUT2D eigenvalue weighted by Gasteiger charge is 2.33. The van der Waals surface area contributed by atoms with Gasteiger partial charge >= 0.3 is 0 Å². The Bertz CT molecular complexity index is 823. The number of hydrogen-bond acceptors (Lipinski definition) is 5. The summed E-state index contributed by atoms with van der Waals surface area (Å²) in [6, 6.07) is 10.4. The molecule has 160 valence electrons. The smallest absolute Gasteiger partial charge is 0.264 e. The number of carbonyl (C=O) groups excluding carboxylic acids is 1. The van der Waals surface area contributed by atoms with Crippen LogP contribution in [0.5, 0.6) is 0 Å². The van der Waals surface area contributed by atoms with E-state index in [0.717, 1.165) is 42.5 Å². The molecule has 0 fully saturated rings. The van der Waals surface area contributed by atoms with Crippen LogP contribution in [0.15, 0.2) is 39.9 Å². The number of thioether (sulfide) groups is 1. The van der Waals surface area contributed by atoms with E-state index < -0.39 is 0 Å². The normalized spacial score (nSPS) is 15.6. The molecule has 0 saturated carbocycles. The van der Waals surface area contributed by atoms with Crippen LogP contribution in [0.2, 0.25) is 0 Å². The highest BCUT2D eigenvalue weighted by atomic mass is 32.2. The minimum Gasteiger partial charge on any atom is -0.323 e. The molecule has 0 atom stereocenters. The maximum atomic E-state index is 13.0. The molecule has 2 heterocycles. The summed E-state index contributed by atoms with van der Waals surface area (Å²) in [5.74, 6) is -0.103. The summed E-state index contributed by atoms with van der Waals surface area (Å²) in [7, 11) is 0. The third kappa shape index (κ3) is 6.12. The van der Waals surface area contributed by atoms with Crippen LogP contribution < -0.4 is 5.32 Å². The van der Waals surface area contributed by atoms with Crippen LogP contribution in [-0.4, -0.2) is 29.1 Å². The lowest BCUT2D eigenvalue weighted by molar-refractivity contribution is -0.112. The lowest BCUT2D eigenvalue weighted by atomic mass is 10.0. The van der Waals surface area contributed by atoms with Crippen LogP contribution >= 0.6 is 11.8 Å². The zero-order valence-electron chi connectivity index (χ0n) is 18.0. The van der Waals surface area contributed by atoms with Crippen molar-refractivity contribution >= 4 is 28.5 Å². The van der Waals surface area contributed by atoms with Crippen LogP contribution in [0.4, 0.5) is 5.69 Å². The average Bonchev–Trinajstić information content (AvgIpc) is 3.14. The Morgan fingerprint density at radius 1 is 1.17 bits per heavy atom.